The molecule has 2 aromatic rings. The lowest BCUT2D eigenvalue weighted by atomic mass is 9.86. The van der Waals surface area contributed by atoms with Gasteiger partial charge in [-0.25, -0.2) is 13.1 Å². The zero-order chi connectivity index (χ0) is 21.8. The summed E-state index contributed by atoms with van der Waals surface area (Å²) in [6.45, 7) is 2.01. The van der Waals surface area contributed by atoms with E-state index in [1.165, 1.54) is 18.2 Å². The largest absolute Gasteiger partial charge is 0.573 e. The van der Waals surface area contributed by atoms with E-state index in [0.29, 0.717) is 6.54 Å². The van der Waals surface area contributed by atoms with Gasteiger partial charge in [0.2, 0.25) is 15.8 Å². The molecule has 0 bridgehead atoms. The summed E-state index contributed by atoms with van der Waals surface area (Å²) in [5.41, 5.74) is 0.0681. The predicted octanol–water partition coefficient (Wildman–Crippen LogP) is 3.55. The van der Waals surface area contributed by atoms with Gasteiger partial charge in [-0.3, -0.25) is 0 Å². The minimum Gasteiger partial charge on any atom is -0.405 e. The molecule has 0 amide bonds. The second kappa shape index (κ2) is 9.21. The van der Waals surface area contributed by atoms with Crippen LogP contribution in [0.25, 0.3) is 11.4 Å². The normalized spacial score (nSPS) is 20.1. The van der Waals surface area contributed by atoms with Crippen LogP contribution in [0.1, 0.15) is 32.6 Å². The number of hydrogen-bond donors (Lipinski definition) is 2. The third-order valence-electron chi connectivity index (χ3n) is 4.93. The average Bonchev–Trinajstić information content (AvgIpc) is 3.15. The number of nitrogens with one attached hydrogen (secondary N) is 2. The molecule has 0 unspecified atom stereocenters. The highest BCUT2D eigenvalue weighted by molar-refractivity contribution is 7.89. The van der Waals surface area contributed by atoms with Crippen molar-refractivity contribution in [3.63, 3.8) is 0 Å². The monoisotopic (exact) mass is 448 g/mol. The molecule has 0 spiro atoms. The van der Waals surface area contributed by atoms with Gasteiger partial charge in [-0.1, -0.05) is 17.3 Å². The summed E-state index contributed by atoms with van der Waals surface area (Å²) in [5.74, 6) is -0.109. The highest BCUT2D eigenvalue weighted by atomic mass is 32.2. The van der Waals surface area contributed by atoms with E-state index in [1.54, 1.807) is 13.0 Å². The molecule has 1 fully saturated rings. The Balaban J connectivity index is 1.56. The SMILES string of the molecule is CCS(=O)(=O)NCC1CCC(Nc2nc(-c3ccccc3OC(F)(F)F)no2)CC1. The molecule has 0 atom stereocenters. The van der Waals surface area contributed by atoms with Gasteiger partial charge in [-0.2, -0.15) is 4.98 Å². The Kier molecular flexibility index (Phi) is 6.86. The van der Waals surface area contributed by atoms with Crippen LogP contribution >= 0.6 is 0 Å². The number of aromatic nitrogens is 2. The highest BCUT2D eigenvalue weighted by Gasteiger charge is 2.33. The van der Waals surface area contributed by atoms with Gasteiger partial charge in [-0.05, 0) is 50.7 Å². The van der Waals surface area contributed by atoms with Gasteiger partial charge in [0.15, 0.2) is 0 Å². The first-order valence-electron chi connectivity index (χ1n) is 9.58. The number of para-hydroxylation sites is 1. The number of anilines is 1. The molecule has 1 saturated carbocycles. The Bertz CT molecular complexity index is 941. The van der Waals surface area contributed by atoms with Crippen molar-refractivity contribution in [3.05, 3.63) is 24.3 Å². The van der Waals surface area contributed by atoms with Crippen LogP contribution in [-0.4, -0.2) is 43.3 Å². The molecule has 3 rings (SSSR count). The van der Waals surface area contributed by atoms with E-state index in [1.807, 2.05) is 0 Å². The summed E-state index contributed by atoms with van der Waals surface area (Å²) in [5, 5.41) is 6.85. The number of halogens is 3. The van der Waals surface area contributed by atoms with E-state index in [-0.39, 0.29) is 35.1 Å². The zero-order valence-corrected chi connectivity index (χ0v) is 17.1. The lowest BCUT2D eigenvalue weighted by Gasteiger charge is -2.28. The number of benzene rings is 1. The summed E-state index contributed by atoms with van der Waals surface area (Å²) < 4.78 is 72.6. The van der Waals surface area contributed by atoms with Crippen molar-refractivity contribution >= 4 is 16.0 Å². The molecule has 30 heavy (non-hydrogen) atoms. The predicted molar refractivity (Wildman–Crippen MR) is 103 cm³/mol. The molecule has 0 saturated heterocycles. The lowest BCUT2D eigenvalue weighted by molar-refractivity contribution is -0.274. The number of alkyl halides is 3. The van der Waals surface area contributed by atoms with Gasteiger partial charge in [0.1, 0.15) is 5.75 Å². The van der Waals surface area contributed by atoms with E-state index in [9.17, 15) is 21.6 Å². The second-order valence-electron chi connectivity index (χ2n) is 7.08. The van der Waals surface area contributed by atoms with Gasteiger partial charge in [0.05, 0.1) is 11.3 Å². The fraction of sp³-hybridized carbons (Fsp3) is 0.556. The minimum absolute atomic E-state index is 0.0139. The molecule has 8 nitrogen and oxygen atoms in total. The summed E-state index contributed by atoms with van der Waals surface area (Å²) in [4.78, 5) is 4.14. The third-order valence-corrected chi connectivity index (χ3v) is 6.29. The molecule has 0 radical (unpaired) electrons. The van der Waals surface area contributed by atoms with Crippen molar-refractivity contribution in [1.29, 1.82) is 0 Å². The van der Waals surface area contributed by atoms with Crippen LogP contribution in [0.2, 0.25) is 0 Å². The van der Waals surface area contributed by atoms with Crippen LogP contribution in [-0.2, 0) is 10.0 Å². The third kappa shape index (κ3) is 6.33. The molecule has 1 aromatic heterocycles. The first-order valence-corrected chi connectivity index (χ1v) is 11.2. The minimum atomic E-state index is -4.83. The first-order chi connectivity index (χ1) is 14.1. The molecule has 0 aliphatic heterocycles. The maximum atomic E-state index is 12.6. The van der Waals surface area contributed by atoms with Crippen LogP contribution in [0, 0.1) is 5.92 Å². The van der Waals surface area contributed by atoms with Gasteiger partial charge >= 0.3 is 12.4 Å². The lowest BCUT2D eigenvalue weighted by Crippen LogP contribution is -2.34. The van der Waals surface area contributed by atoms with Gasteiger partial charge in [-0.15, -0.1) is 13.2 Å². The first kappa shape index (κ1) is 22.3. The Morgan fingerprint density at radius 3 is 2.57 bits per heavy atom. The second-order valence-corrected chi connectivity index (χ2v) is 9.18. The molecule has 2 N–H and O–H groups in total. The van der Waals surface area contributed by atoms with Crippen molar-refractivity contribution in [1.82, 2.24) is 14.9 Å². The molecule has 1 aromatic carbocycles. The standard InChI is InChI=1S/C18H23F3N4O4S/c1-2-30(26,27)22-11-12-7-9-13(10-8-12)23-17-24-16(25-29-17)14-5-3-4-6-15(14)28-18(19,20)21/h3-6,12-13,22H,2,7-11H2,1H3,(H,23,24,25). The smallest absolute Gasteiger partial charge is 0.405 e. The zero-order valence-electron chi connectivity index (χ0n) is 16.3. The summed E-state index contributed by atoms with van der Waals surface area (Å²) in [6.07, 6.45) is -1.61. The maximum absolute atomic E-state index is 12.6. The maximum Gasteiger partial charge on any atom is 0.573 e. The molecule has 1 aliphatic carbocycles. The molecule has 1 aliphatic rings. The van der Waals surface area contributed by atoms with E-state index in [4.69, 9.17) is 4.52 Å². The Morgan fingerprint density at radius 1 is 1.20 bits per heavy atom. The molecular formula is C18H23F3N4O4S. The van der Waals surface area contributed by atoms with Crippen LogP contribution in [0.15, 0.2) is 28.8 Å². The Labute approximate surface area is 172 Å². The van der Waals surface area contributed by atoms with Crippen LogP contribution in [0.3, 0.4) is 0 Å². The highest BCUT2D eigenvalue weighted by Crippen LogP contribution is 2.33. The number of rotatable bonds is 8. The van der Waals surface area contributed by atoms with Crippen LogP contribution in [0.4, 0.5) is 19.2 Å². The van der Waals surface area contributed by atoms with Gasteiger partial charge < -0.3 is 14.6 Å². The quantitative estimate of drug-likeness (QED) is 0.636. The van der Waals surface area contributed by atoms with Crippen molar-refractivity contribution in [3.8, 4) is 17.1 Å². The summed E-state index contributed by atoms with van der Waals surface area (Å²) >= 11 is 0. The molecule has 166 valence electrons. The number of sulfonamides is 1. The van der Waals surface area contributed by atoms with Crippen LogP contribution in [0.5, 0.6) is 5.75 Å². The van der Waals surface area contributed by atoms with E-state index >= 15 is 0 Å². The Morgan fingerprint density at radius 2 is 1.90 bits per heavy atom. The van der Waals surface area contributed by atoms with Crippen molar-refractivity contribution < 1.29 is 30.8 Å². The number of ether oxygens (including phenoxy) is 1. The average molecular weight is 448 g/mol. The van der Waals surface area contributed by atoms with Crippen molar-refractivity contribution in [2.24, 2.45) is 5.92 Å². The van der Waals surface area contributed by atoms with Gasteiger partial charge in [0.25, 0.3) is 0 Å². The summed E-state index contributed by atoms with van der Waals surface area (Å²) in [7, 11) is -3.20. The van der Waals surface area contributed by atoms with E-state index in [0.717, 1.165) is 25.7 Å². The van der Waals surface area contributed by atoms with Gasteiger partial charge in [0, 0.05) is 12.6 Å². The fourth-order valence-corrected chi connectivity index (χ4v) is 3.98. The van der Waals surface area contributed by atoms with Crippen molar-refractivity contribution in [2.45, 2.75) is 45.0 Å². The van der Waals surface area contributed by atoms with E-state index in [2.05, 4.69) is 24.9 Å². The fourth-order valence-electron chi connectivity index (χ4n) is 3.29. The Hall–Kier alpha value is -2.34. The van der Waals surface area contributed by atoms with Crippen molar-refractivity contribution in [2.75, 3.05) is 17.6 Å². The van der Waals surface area contributed by atoms with Crippen LogP contribution < -0.4 is 14.8 Å². The molecule has 1 heterocycles. The topological polar surface area (TPSA) is 106 Å². The van der Waals surface area contributed by atoms with E-state index < -0.39 is 22.1 Å². The molecule has 12 heteroatoms. The molecular weight excluding hydrogens is 425 g/mol. The number of hydrogen-bond acceptors (Lipinski definition) is 7. The summed E-state index contributed by atoms with van der Waals surface area (Å²) in [6, 6.07) is 5.73. The number of nitrogens with zero attached hydrogens (tertiary/aromatic N) is 2.